The first-order chi connectivity index (χ1) is 9.79. The van der Waals surface area contributed by atoms with Gasteiger partial charge >= 0.3 is 0 Å². The Labute approximate surface area is 127 Å². The SMILES string of the molecule is CC(C)(C)OOc1cccc(C(C)(C)c2ccccc2)c1. The summed E-state index contributed by atoms with van der Waals surface area (Å²) < 4.78 is 0. The van der Waals surface area contributed by atoms with Gasteiger partial charge in [0.15, 0.2) is 5.75 Å². The van der Waals surface area contributed by atoms with E-state index in [0.29, 0.717) is 0 Å². The summed E-state index contributed by atoms with van der Waals surface area (Å²) in [6.45, 7) is 10.3. The predicted molar refractivity (Wildman–Crippen MR) is 86.5 cm³/mol. The van der Waals surface area contributed by atoms with Crippen LogP contribution in [0.4, 0.5) is 0 Å². The van der Waals surface area contributed by atoms with Crippen molar-refractivity contribution in [3.05, 3.63) is 65.7 Å². The molecule has 0 saturated heterocycles. The van der Waals surface area contributed by atoms with Crippen LogP contribution in [0.5, 0.6) is 5.75 Å². The van der Waals surface area contributed by atoms with Crippen LogP contribution in [0, 0.1) is 0 Å². The summed E-state index contributed by atoms with van der Waals surface area (Å²) in [5.41, 5.74) is 2.07. The van der Waals surface area contributed by atoms with Crippen molar-refractivity contribution >= 4 is 0 Å². The largest absolute Gasteiger partial charge is 0.337 e. The zero-order chi connectivity index (χ0) is 15.5. The number of hydrogen-bond acceptors (Lipinski definition) is 2. The molecule has 2 heteroatoms. The Balaban J connectivity index is 2.24. The standard InChI is InChI=1S/C19H24O2/c1-18(2,3)21-20-17-13-9-12-16(14-17)19(4,5)15-10-7-6-8-11-15/h6-14H,1-5H3. The highest BCUT2D eigenvalue weighted by molar-refractivity contribution is 5.40. The van der Waals surface area contributed by atoms with Gasteiger partial charge in [-0.15, -0.1) is 0 Å². The molecule has 2 aromatic rings. The highest BCUT2D eigenvalue weighted by atomic mass is 17.2. The molecule has 0 radical (unpaired) electrons. The third kappa shape index (κ3) is 4.08. The molecule has 0 unspecified atom stereocenters. The van der Waals surface area contributed by atoms with Crippen molar-refractivity contribution in [1.82, 2.24) is 0 Å². The molecule has 2 rings (SSSR count). The maximum Gasteiger partial charge on any atom is 0.165 e. The van der Waals surface area contributed by atoms with Gasteiger partial charge in [0.2, 0.25) is 0 Å². The molecule has 0 bridgehead atoms. The predicted octanol–water partition coefficient (Wildman–Crippen LogP) is 5.12. The van der Waals surface area contributed by atoms with Crippen LogP contribution >= 0.6 is 0 Å². The Morgan fingerprint density at radius 2 is 1.33 bits per heavy atom. The summed E-state index contributed by atoms with van der Waals surface area (Å²) in [7, 11) is 0. The quantitative estimate of drug-likeness (QED) is 0.573. The van der Waals surface area contributed by atoms with Crippen molar-refractivity contribution in [1.29, 1.82) is 0 Å². The fraction of sp³-hybridized carbons (Fsp3) is 0.368. The number of rotatable bonds is 4. The van der Waals surface area contributed by atoms with Gasteiger partial charge in [-0.3, -0.25) is 0 Å². The fourth-order valence-electron chi connectivity index (χ4n) is 2.13. The molecule has 0 spiro atoms. The average Bonchev–Trinajstić information content (AvgIpc) is 2.46. The van der Waals surface area contributed by atoms with E-state index >= 15 is 0 Å². The monoisotopic (exact) mass is 284 g/mol. The van der Waals surface area contributed by atoms with E-state index in [4.69, 9.17) is 9.78 Å². The second-order valence-electron chi connectivity index (χ2n) is 6.80. The van der Waals surface area contributed by atoms with E-state index < -0.39 is 0 Å². The molecule has 0 saturated carbocycles. The van der Waals surface area contributed by atoms with Crippen LogP contribution in [0.15, 0.2) is 54.6 Å². The zero-order valence-corrected chi connectivity index (χ0v) is 13.5. The lowest BCUT2D eigenvalue weighted by molar-refractivity contribution is -0.274. The van der Waals surface area contributed by atoms with Crippen LogP contribution in [-0.2, 0) is 10.3 Å². The van der Waals surface area contributed by atoms with Gasteiger partial charge in [0.25, 0.3) is 0 Å². The first kappa shape index (κ1) is 15.6. The van der Waals surface area contributed by atoms with Gasteiger partial charge in [0.1, 0.15) is 5.60 Å². The van der Waals surface area contributed by atoms with Gasteiger partial charge in [-0.05, 0) is 44.0 Å². The summed E-state index contributed by atoms with van der Waals surface area (Å²) in [5, 5.41) is 0. The lowest BCUT2D eigenvalue weighted by atomic mass is 9.78. The summed E-state index contributed by atoms with van der Waals surface area (Å²) in [4.78, 5) is 10.8. The van der Waals surface area contributed by atoms with Crippen LogP contribution in [0.2, 0.25) is 0 Å². The van der Waals surface area contributed by atoms with E-state index in [1.165, 1.54) is 11.1 Å². The van der Waals surface area contributed by atoms with E-state index in [1.807, 2.05) is 45.0 Å². The normalized spacial score (nSPS) is 12.2. The van der Waals surface area contributed by atoms with Crippen molar-refractivity contribution in [3.8, 4) is 5.75 Å². The molecule has 0 fully saturated rings. The van der Waals surface area contributed by atoms with Gasteiger partial charge in [-0.25, -0.2) is 0 Å². The minimum atomic E-state index is -0.328. The highest BCUT2D eigenvalue weighted by Crippen LogP contribution is 2.33. The maximum absolute atomic E-state index is 5.44. The van der Waals surface area contributed by atoms with Crippen molar-refractivity contribution in [2.45, 2.75) is 45.6 Å². The molecule has 0 amide bonds. The fourth-order valence-corrected chi connectivity index (χ4v) is 2.13. The second-order valence-corrected chi connectivity index (χ2v) is 6.80. The van der Waals surface area contributed by atoms with Gasteiger partial charge < -0.3 is 4.89 Å². The molecule has 0 aliphatic rings. The molecule has 0 atom stereocenters. The molecular formula is C19H24O2. The van der Waals surface area contributed by atoms with E-state index in [0.717, 1.165) is 5.75 Å². The molecule has 0 aliphatic carbocycles. The van der Waals surface area contributed by atoms with Crippen molar-refractivity contribution < 1.29 is 9.78 Å². The summed E-state index contributed by atoms with van der Waals surface area (Å²) in [5.74, 6) is 0.728. The van der Waals surface area contributed by atoms with E-state index in [-0.39, 0.29) is 11.0 Å². The Hall–Kier alpha value is -1.80. The highest BCUT2D eigenvalue weighted by Gasteiger charge is 2.23. The Kier molecular flexibility index (Phi) is 4.38. The summed E-state index contributed by atoms with van der Waals surface area (Å²) >= 11 is 0. The van der Waals surface area contributed by atoms with Crippen LogP contribution in [0.1, 0.15) is 45.7 Å². The first-order valence-corrected chi connectivity index (χ1v) is 7.31. The molecule has 0 aliphatic heterocycles. The lowest BCUT2D eigenvalue weighted by Crippen LogP contribution is -2.22. The minimum absolute atomic E-state index is 0.0810. The van der Waals surface area contributed by atoms with Crippen molar-refractivity contribution in [2.75, 3.05) is 0 Å². The minimum Gasteiger partial charge on any atom is -0.337 e. The smallest absolute Gasteiger partial charge is 0.165 e. The zero-order valence-electron chi connectivity index (χ0n) is 13.5. The van der Waals surface area contributed by atoms with Crippen molar-refractivity contribution in [2.24, 2.45) is 0 Å². The van der Waals surface area contributed by atoms with Crippen LogP contribution < -0.4 is 4.89 Å². The maximum atomic E-state index is 5.44. The van der Waals surface area contributed by atoms with Crippen LogP contribution in [0.3, 0.4) is 0 Å². The van der Waals surface area contributed by atoms with E-state index in [9.17, 15) is 0 Å². The van der Waals surface area contributed by atoms with Crippen LogP contribution in [0.25, 0.3) is 0 Å². The molecule has 2 aromatic carbocycles. The molecule has 2 nitrogen and oxygen atoms in total. The third-order valence-corrected chi connectivity index (χ3v) is 3.44. The Morgan fingerprint density at radius 1 is 0.714 bits per heavy atom. The molecule has 0 aromatic heterocycles. The molecule has 21 heavy (non-hydrogen) atoms. The van der Waals surface area contributed by atoms with Gasteiger partial charge in [-0.2, -0.15) is 4.89 Å². The average molecular weight is 284 g/mol. The number of benzene rings is 2. The molecular weight excluding hydrogens is 260 g/mol. The third-order valence-electron chi connectivity index (χ3n) is 3.44. The first-order valence-electron chi connectivity index (χ1n) is 7.31. The molecule has 112 valence electrons. The van der Waals surface area contributed by atoms with Crippen LogP contribution in [-0.4, -0.2) is 5.60 Å². The van der Waals surface area contributed by atoms with E-state index in [1.54, 1.807) is 0 Å². The Morgan fingerprint density at radius 3 is 1.95 bits per heavy atom. The second kappa shape index (κ2) is 5.90. The number of hydrogen-bond donors (Lipinski definition) is 0. The summed E-state index contributed by atoms with van der Waals surface area (Å²) in [6, 6.07) is 18.6. The van der Waals surface area contributed by atoms with Gasteiger partial charge in [0, 0.05) is 5.41 Å². The molecule has 0 N–H and O–H groups in total. The Bertz CT molecular complexity index is 580. The lowest BCUT2D eigenvalue weighted by Gasteiger charge is -2.26. The topological polar surface area (TPSA) is 18.5 Å². The summed E-state index contributed by atoms with van der Waals surface area (Å²) in [6.07, 6.45) is 0. The van der Waals surface area contributed by atoms with E-state index in [2.05, 4.69) is 44.2 Å². The molecule has 0 heterocycles. The van der Waals surface area contributed by atoms with Gasteiger partial charge in [0.05, 0.1) is 0 Å². The van der Waals surface area contributed by atoms with Gasteiger partial charge in [-0.1, -0.05) is 56.3 Å². The van der Waals surface area contributed by atoms with Crippen molar-refractivity contribution in [3.63, 3.8) is 0 Å².